The number of fused-ring (bicyclic) bond motifs is 1. The fourth-order valence-electron chi connectivity index (χ4n) is 3.08. The summed E-state index contributed by atoms with van der Waals surface area (Å²) in [4.78, 5) is 16.8. The van der Waals surface area contributed by atoms with Crippen LogP contribution in [0.15, 0.2) is 24.4 Å². The third kappa shape index (κ3) is 3.16. The number of hydrogen-bond acceptors (Lipinski definition) is 4. The zero-order valence-corrected chi connectivity index (χ0v) is 15.4. The SMILES string of the molecule is CCCC(=O)Nc1c(C#N)cnn1-c1cc(C)c2cc(C)cc(C)c2n1. The Morgan fingerprint density at radius 1 is 1.23 bits per heavy atom. The highest BCUT2D eigenvalue weighted by atomic mass is 16.1. The lowest BCUT2D eigenvalue weighted by atomic mass is 10.0. The number of aromatic nitrogens is 3. The highest BCUT2D eigenvalue weighted by Crippen LogP contribution is 2.26. The number of anilines is 1. The first-order valence-electron chi connectivity index (χ1n) is 8.61. The number of carbonyl (C=O) groups excluding carboxylic acids is 1. The molecule has 0 aliphatic carbocycles. The van der Waals surface area contributed by atoms with E-state index < -0.39 is 0 Å². The Bertz CT molecular complexity index is 1040. The molecule has 0 aliphatic heterocycles. The lowest BCUT2D eigenvalue weighted by molar-refractivity contribution is -0.116. The summed E-state index contributed by atoms with van der Waals surface area (Å²) in [7, 11) is 0. The number of nitrogens with zero attached hydrogens (tertiary/aromatic N) is 4. The van der Waals surface area contributed by atoms with E-state index in [4.69, 9.17) is 4.98 Å². The van der Waals surface area contributed by atoms with Crippen molar-refractivity contribution in [3.63, 3.8) is 0 Å². The Morgan fingerprint density at radius 2 is 2.00 bits per heavy atom. The predicted molar refractivity (Wildman–Crippen MR) is 101 cm³/mol. The van der Waals surface area contributed by atoms with Crippen LogP contribution < -0.4 is 5.32 Å². The average molecular weight is 347 g/mol. The maximum atomic E-state index is 12.1. The van der Waals surface area contributed by atoms with Crippen LogP contribution in [0.1, 0.15) is 42.0 Å². The second-order valence-corrected chi connectivity index (χ2v) is 6.50. The maximum absolute atomic E-state index is 12.1. The fraction of sp³-hybridized carbons (Fsp3) is 0.300. The number of aryl methyl sites for hydroxylation is 3. The van der Waals surface area contributed by atoms with E-state index in [9.17, 15) is 10.1 Å². The monoisotopic (exact) mass is 347 g/mol. The minimum absolute atomic E-state index is 0.143. The van der Waals surface area contributed by atoms with E-state index >= 15 is 0 Å². The lowest BCUT2D eigenvalue weighted by Gasteiger charge is -2.12. The largest absolute Gasteiger partial charge is 0.309 e. The molecule has 0 saturated heterocycles. The first-order chi connectivity index (χ1) is 12.4. The molecule has 3 aromatic rings. The molecule has 0 radical (unpaired) electrons. The second-order valence-electron chi connectivity index (χ2n) is 6.50. The standard InChI is InChI=1S/C20H21N5O/c1-5-6-18(26)24-20-15(10-21)11-22-25(20)17-9-13(3)16-8-12(2)7-14(4)19(16)23-17/h7-9,11H,5-6H2,1-4H3,(H,24,26). The van der Waals surface area contributed by atoms with Crippen LogP contribution in [0.2, 0.25) is 0 Å². The zero-order valence-electron chi connectivity index (χ0n) is 15.4. The van der Waals surface area contributed by atoms with Gasteiger partial charge in [-0.05, 0) is 50.5 Å². The topological polar surface area (TPSA) is 83.6 Å². The summed E-state index contributed by atoms with van der Waals surface area (Å²) >= 11 is 0. The molecule has 0 fully saturated rings. The lowest BCUT2D eigenvalue weighted by Crippen LogP contribution is -2.16. The Kier molecular flexibility index (Phi) is 4.72. The van der Waals surface area contributed by atoms with Gasteiger partial charge in [0.2, 0.25) is 5.91 Å². The number of hydrogen-bond donors (Lipinski definition) is 1. The highest BCUT2D eigenvalue weighted by Gasteiger charge is 2.17. The number of carbonyl (C=O) groups is 1. The molecule has 0 spiro atoms. The first kappa shape index (κ1) is 17.6. The smallest absolute Gasteiger partial charge is 0.225 e. The second kappa shape index (κ2) is 6.96. The molecule has 0 atom stereocenters. The molecule has 3 rings (SSSR count). The molecular formula is C20H21N5O. The van der Waals surface area contributed by atoms with Gasteiger partial charge in [0.15, 0.2) is 11.6 Å². The van der Waals surface area contributed by atoms with Crippen LogP contribution in [-0.2, 0) is 4.79 Å². The van der Waals surface area contributed by atoms with E-state index in [0.717, 1.165) is 28.5 Å². The van der Waals surface area contributed by atoms with Gasteiger partial charge < -0.3 is 5.32 Å². The summed E-state index contributed by atoms with van der Waals surface area (Å²) in [6, 6.07) is 8.20. The van der Waals surface area contributed by atoms with E-state index in [1.54, 1.807) is 0 Å². The minimum atomic E-state index is -0.143. The minimum Gasteiger partial charge on any atom is -0.309 e. The zero-order chi connectivity index (χ0) is 18.8. The third-order valence-corrected chi connectivity index (χ3v) is 4.28. The van der Waals surface area contributed by atoms with Gasteiger partial charge in [-0.25, -0.2) is 4.98 Å². The highest BCUT2D eigenvalue weighted by molar-refractivity contribution is 5.91. The fourth-order valence-corrected chi connectivity index (χ4v) is 3.08. The molecule has 6 nitrogen and oxygen atoms in total. The van der Waals surface area contributed by atoms with Gasteiger partial charge in [-0.2, -0.15) is 15.0 Å². The van der Waals surface area contributed by atoms with Crippen LogP contribution in [0.3, 0.4) is 0 Å². The number of benzene rings is 1. The van der Waals surface area contributed by atoms with Crippen LogP contribution in [0.5, 0.6) is 0 Å². The van der Waals surface area contributed by atoms with Crippen molar-refractivity contribution >= 4 is 22.6 Å². The van der Waals surface area contributed by atoms with Crippen molar-refractivity contribution in [2.24, 2.45) is 0 Å². The van der Waals surface area contributed by atoms with Crippen LogP contribution in [0, 0.1) is 32.1 Å². The number of rotatable bonds is 4. The molecule has 26 heavy (non-hydrogen) atoms. The van der Waals surface area contributed by atoms with Gasteiger partial charge in [0, 0.05) is 11.8 Å². The maximum Gasteiger partial charge on any atom is 0.225 e. The third-order valence-electron chi connectivity index (χ3n) is 4.28. The molecule has 1 N–H and O–H groups in total. The van der Waals surface area contributed by atoms with Gasteiger partial charge in [-0.1, -0.05) is 18.6 Å². The Morgan fingerprint density at radius 3 is 2.69 bits per heavy atom. The molecule has 132 valence electrons. The average Bonchev–Trinajstić information content (AvgIpc) is 2.98. The van der Waals surface area contributed by atoms with Crippen molar-refractivity contribution < 1.29 is 4.79 Å². The van der Waals surface area contributed by atoms with Crippen molar-refractivity contribution in [1.29, 1.82) is 5.26 Å². The predicted octanol–water partition coefficient (Wildman–Crippen LogP) is 3.96. The molecule has 0 unspecified atom stereocenters. The Hall–Kier alpha value is -3.20. The first-order valence-corrected chi connectivity index (χ1v) is 8.61. The van der Waals surface area contributed by atoms with Gasteiger partial charge in [-0.15, -0.1) is 0 Å². The molecule has 0 bridgehead atoms. The van der Waals surface area contributed by atoms with E-state index in [-0.39, 0.29) is 5.91 Å². The van der Waals surface area contributed by atoms with E-state index in [2.05, 4.69) is 35.5 Å². The summed E-state index contributed by atoms with van der Waals surface area (Å²) in [6.45, 7) is 8.05. The van der Waals surface area contributed by atoms with Gasteiger partial charge in [0.1, 0.15) is 11.6 Å². The number of nitrogens with one attached hydrogen (secondary N) is 1. The number of amides is 1. The van der Waals surface area contributed by atoms with E-state index in [1.807, 2.05) is 26.8 Å². The molecule has 2 aromatic heterocycles. The number of pyridine rings is 1. The van der Waals surface area contributed by atoms with Gasteiger partial charge in [0.05, 0.1) is 11.7 Å². The van der Waals surface area contributed by atoms with E-state index in [1.165, 1.54) is 16.4 Å². The van der Waals surface area contributed by atoms with Crippen LogP contribution in [-0.4, -0.2) is 20.7 Å². The van der Waals surface area contributed by atoms with E-state index in [0.29, 0.717) is 23.6 Å². The summed E-state index contributed by atoms with van der Waals surface area (Å²) in [5.41, 5.74) is 4.54. The molecule has 6 heteroatoms. The van der Waals surface area contributed by atoms with Gasteiger partial charge in [-0.3, -0.25) is 4.79 Å². The molecular weight excluding hydrogens is 326 g/mol. The van der Waals surface area contributed by atoms with Crippen LogP contribution in [0.4, 0.5) is 5.82 Å². The normalized spacial score (nSPS) is 10.7. The van der Waals surface area contributed by atoms with Crippen molar-refractivity contribution in [2.45, 2.75) is 40.5 Å². The van der Waals surface area contributed by atoms with Crippen LogP contribution in [0.25, 0.3) is 16.7 Å². The van der Waals surface area contributed by atoms with Crippen LogP contribution >= 0.6 is 0 Å². The Balaban J connectivity index is 2.17. The summed E-state index contributed by atoms with van der Waals surface area (Å²) < 4.78 is 1.53. The molecule has 0 saturated carbocycles. The van der Waals surface area contributed by atoms with Crippen molar-refractivity contribution in [3.8, 4) is 11.9 Å². The molecule has 1 amide bonds. The quantitative estimate of drug-likeness (QED) is 0.774. The summed E-state index contributed by atoms with van der Waals surface area (Å²) in [6.07, 6.45) is 2.57. The van der Waals surface area contributed by atoms with Crippen molar-refractivity contribution in [1.82, 2.24) is 14.8 Å². The molecule has 2 heterocycles. The van der Waals surface area contributed by atoms with Gasteiger partial charge in [0.25, 0.3) is 0 Å². The van der Waals surface area contributed by atoms with Crippen molar-refractivity contribution in [3.05, 3.63) is 46.6 Å². The van der Waals surface area contributed by atoms with Crippen molar-refractivity contribution in [2.75, 3.05) is 5.32 Å². The molecule has 0 aliphatic rings. The Labute approximate surface area is 152 Å². The summed E-state index contributed by atoms with van der Waals surface area (Å²) in [5, 5.41) is 17.5. The number of nitriles is 1. The molecule has 1 aromatic carbocycles. The summed E-state index contributed by atoms with van der Waals surface area (Å²) in [5.74, 6) is 0.798. The van der Waals surface area contributed by atoms with Gasteiger partial charge >= 0.3 is 0 Å².